The maximum atomic E-state index is 2.40. The van der Waals surface area contributed by atoms with Crippen molar-refractivity contribution in [3.63, 3.8) is 0 Å². The molecule has 2 aliphatic carbocycles. The van der Waals surface area contributed by atoms with Crippen molar-refractivity contribution in [2.75, 3.05) is 0 Å². The molecule has 0 saturated carbocycles. The zero-order valence-electron chi connectivity index (χ0n) is 7.84. The molecule has 1 aromatic carbocycles. The van der Waals surface area contributed by atoms with Crippen LogP contribution in [-0.2, 0) is 6.42 Å². The Labute approximate surface area is 78.6 Å². The summed E-state index contributed by atoms with van der Waals surface area (Å²) in [5, 5.41) is 3.11. The maximum Gasteiger partial charge on any atom is -0.0163 e. The fourth-order valence-electron chi connectivity index (χ4n) is 2.70. The van der Waals surface area contributed by atoms with Crippen LogP contribution in [0, 0.1) is 0 Å². The molecule has 0 radical (unpaired) electrons. The summed E-state index contributed by atoms with van der Waals surface area (Å²) in [6.45, 7) is 0. The lowest BCUT2D eigenvalue weighted by molar-refractivity contribution is 0.786. The van der Waals surface area contributed by atoms with Gasteiger partial charge in [-0.25, -0.2) is 0 Å². The predicted octanol–water partition coefficient (Wildman–Crippen LogP) is 1.75. The van der Waals surface area contributed by atoms with Gasteiger partial charge < -0.3 is 0 Å². The first-order valence-corrected chi connectivity index (χ1v) is 5.25. The molecule has 0 amide bonds. The number of hydrogen-bond acceptors (Lipinski definition) is 0. The van der Waals surface area contributed by atoms with Crippen molar-refractivity contribution < 1.29 is 0 Å². The average molecular weight is 170 g/mol. The lowest BCUT2D eigenvalue weighted by Gasteiger charge is -2.18. The van der Waals surface area contributed by atoms with Crippen LogP contribution in [-0.4, -0.2) is 0 Å². The second-order valence-electron chi connectivity index (χ2n) is 4.08. The van der Waals surface area contributed by atoms with Crippen LogP contribution in [0.1, 0.15) is 31.2 Å². The molecule has 0 fully saturated rings. The monoisotopic (exact) mass is 170 g/mol. The lowest BCUT2D eigenvalue weighted by Crippen LogP contribution is -2.34. The fraction of sp³-hybridized carbons (Fsp3) is 0.385. The molecule has 0 atom stereocenters. The first kappa shape index (κ1) is 7.37. The second kappa shape index (κ2) is 2.73. The molecule has 66 valence electrons. The highest BCUT2D eigenvalue weighted by Crippen LogP contribution is 2.20. The number of aryl methyl sites for hydroxylation is 1. The topological polar surface area (TPSA) is 0 Å². The van der Waals surface area contributed by atoms with Crippen LogP contribution in [0.5, 0.6) is 0 Å². The van der Waals surface area contributed by atoms with Gasteiger partial charge in [-0.15, -0.1) is 0 Å². The van der Waals surface area contributed by atoms with Gasteiger partial charge in [0, 0.05) is 0 Å². The van der Waals surface area contributed by atoms with Gasteiger partial charge in [-0.2, -0.15) is 0 Å². The highest BCUT2D eigenvalue weighted by atomic mass is 14.2. The van der Waals surface area contributed by atoms with E-state index in [1.807, 2.05) is 0 Å². The minimum atomic E-state index is 1.26. The van der Waals surface area contributed by atoms with E-state index in [4.69, 9.17) is 0 Å². The van der Waals surface area contributed by atoms with Crippen LogP contribution in [0.25, 0.3) is 11.6 Å². The van der Waals surface area contributed by atoms with Gasteiger partial charge in [0.15, 0.2) is 0 Å². The summed E-state index contributed by atoms with van der Waals surface area (Å²) in [5.74, 6) is 0. The molecule has 0 heterocycles. The Balaban J connectivity index is 2.49. The van der Waals surface area contributed by atoms with Gasteiger partial charge in [0.05, 0.1) is 0 Å². The van der Waals surface area contributed by atoms with Crippen LogP contribution in [0.2, 0.25) is 0 Å². The van der Waals surface area contributed by atoms with Crippen LogP contribution in [0.3, 0.4) is 0 Å². The third-order valence-corrected chi connectivity index (χ3v) is 3.27. The van der Waals surface area contributed by atoms with Crippen LogP contribution >= 0.6 is 0 Å². The normalized spacial score (nSPS) is 19.2. The molecule has 0 aromatic heterocycles. The molecule has 2 aliphatic rings. The van der Waals surface area contributed by atoms with Crippen molar-refractivity contribution in [1.29, 1.82) is 0 Å². The Bertz CT molecular complexity index is 451. The maximum absolute atomic E-state index is 2.40. The van der Waals surface area contributed by atoms with Gasteiger partial charge in [0.1, 0.15) is 0 Å². The van der Waals surface area contributed by atoms with E-state index in [1.165, 1.54) is 37.3 Å². The molecule has 1 aromatic rings. The smallest absolute Gasteiger partial charge is 0.0163 e. The van der Waals surface area contributed by atoms with Gasteiger partial charge in [-0.3, -0.25) is 0 Å². The van der Waals surface area contributed by atoms with Gasteiger partial charge in [-0.05, 0) is 48.1 Å². The summed E-state index contributed by atoms with van der Waals surface area (Å²) in [6.07, 6.45) is 8.97. The Hall–Kier alpha value is -1.04. The van der Waals surface area contributed by atoms with E-state index in [-0.39, 0.29) is 0 Å². The standard InChI is InChI=1S/C13H14/c1-4-10-6-2-8-12-9-3-7-11(5-1)13(10)12/h1,4-6H,2-3,7-9H2. The van der Waals surface area contributed by atoms with Crippen molar-refractivity contribution in [2.45, 2.75) is 32.1 Å². The fourth-order valence-corrected chi connectivity index (χ4v) is 2.70. The van der Waals surface area contributed by atoms with E-state index < -0.39 is 0 Å². The molecule has 0 bridgehead atoms. The summed E-state index contributed by atoms with van der Waals surface area (Å²) in [4.78, 5) is 0. The largest absolute Gasteiger partial charge is 0.0763 e. The Morgan fingerprint density at radius 2 is 2.00 bits per heavy atom. The summed E-state index contributed by atoms with van der Waals surface area (Å²) in [6, 6.07) is 6.78. The number of benzene rings is 1. The number of rotatable bonds is 0. The Morgan fingerprint density at radius 1 is 1.00 bits per heavy atom. The first-order chi connectivity index (χ1) is 6.45. The lowest BCUT2D eigenvalue weighted by atomic mass is 9.87. The summed E-state index contributed by atoms with van der Waals surface area (Å²) < 4.78 is 0. The molecule has 0 saturated heterocycles. The summed E-state index contributed by atoms with van der Waals surface area (Å²) in [7, 11) is 0. The molecule has 0 unspecified atom stereocenters. The van der Waals surface area contributed by atoms with E-state index in [9.17, 15) is 0 Å². The van der Waals surface area contributed by atoms with Gasteiger partial charge in [0.25, 0.3) is 0 Å². The zero-order valence-corrected chi connectivity index (χ0v) is 7.84. The molecular weight excluding hydrogens is 156 g/mol. The molecule has 0 N–H and O–H groups in total. The third-order valence-electron chi connectivity index (χ3n) is 3.27. The molecule has 0 nitrogen and oxygen atoms in total. The Kier molecular flexibility index (Phi) is 1.55. The molecule has 3 rings (SSSR count). The van der Waals surface area contributed by atoms with E-state index in [0.717, 1.165) is 0 Å². The van der Waals surface area contributed by atoms with Gasteiger partial charge in [-0.1, -0.05) is 29.8 Å². The molecule has 0 spiro atoms. The summed E-state index contributed by atoms with van der Waals surface area (Å²) in [5.41, 5.74) is 3.31. The van der Waals surface area contributed by atoms with E-state index >= 15 is 0 Å². The molecule has 13 heavy (non-hydrogen) atoms. The van der Waals surface area contributed by atoms with Crippen molar-refractivity contribution in [1.82, 2.24) is 0 Å². The summed E-state index contributed by atoms with van der Waals surface area (Å²) >= 11 is 0. The molecular formula is C13H14. The van der Waals surface area contributed by atoms with Crippen molar-refractivity contribution in [3.05, 3.63) is 34.2 Å². The zero-order chi connectivity index (χ0) is 8.67. The first-order valence-electron chi connectivity index (χ1n) is 5.25. The second-order valence-corrected chi connectivity index (χ2v) is 4.08. The van der Waals surface area contributed by atoms with Crippen molar-refractivity contribution in [2.24, 2.45) is 0 Å². The third kappa shape index (κ3) is 1.05. The Morgan fingerprint density at radius 3 is 3.00 bits per heavy atom. The quantitative estimate of drug-likeness (QED) is 0.556. The van der Waals surface area contributed by atoms with Gasteiger partial charge in [0.2, 0.25) is 0 Å². The van der Waals surface area contributed by atoms with E-state index in [1.54, 1.807) is 16.4 Å². The van der Waals surface area contributed by atoms with E-state index in [0.29, 0.717) is 0 Å². The van der Waals surface area contributed by atoms with Crippen molar-refractivity contribution in [3.8, 4) is 0 Å². The minimum Gasteiger partial charge on any atom is -0.0763 e. The van der Waals surface area contributed by atoms with Crippen LogP contribution in [0.4, 0.5) is 0 Å². The highest BCUT2D eigenvalue weighted by Gasteiger charge is 2.12. The average Bonchev–Trinajstić information content (AvgIpc) is 2.19. The van der Waals surface area contributed by atoms with Crippen LogP contribution in [0.15, 0.2) is 18.2 Å². The molecule has 0 heteroatoms. The van der Waals surface area contributed by atoms with Crippen molar-refractivity contribution >= 4 is 11.6 Å². The molecule has 0 aliphatic heterocycles. The van der Waals surface area contributed by atoms with E-state index in [2.05, 4.69) is 24.3 Å². The predicted molar refractivity (Wildman–Crippen MR) is 55.7 cm³/mol. The van der Waals surface area contributed by atoms with Gasteiger partial charge >= 0.3 is 0 Å². The minimum absolute atomic E-state index is 1.26. The number of hydrogen-bond donors (Lipinski definition) is 0. The highest BCUT2D eigenvalue weighted by molar-refractivity contribution is 5.54. The SMILES string of the molecule is C1=c2cccc3c2=C(CC1)CCC3. The van der Waals surface area contributed by atoms with Crippen LogP contribution < -0.4 is 10.4 Å².